The van der Waals surface area contributed by atoms with Crippen molar-refractivity contribution in [1.82, 2.24) is 0 Å². The molecule has 0 aliphatic rings. The Morgan fingerprint density at radius 1 is 0.545 bits per heavy atom. The number of rotatable bonds is 4. The molecule has 0 radical (unpaired) electrons. The molecule has 1 heterocycles. The third-order valence-corrected chi connectivity index (χ3v) is 6.16. The van der Waals surface area contributed by atoms with Crippen LogP contribution in [0.4, 0.5) is 17.1 Å². The van der Waals surface area contributed by atoms with Crippen LogP contribution in [0.5, 0.6) is 0 Å². The molecule has 0 bridgehead atoms. The molecule has 158 valence electrons. The van der Waals surface area contributed by atoms with Crippen molar-refractivity contribution in [2.24, 2.45) is 0 Å². The lowest BCUT2D eigenvalue weighted by molar-refractivity contribution is 0.669. The molecule has 0 saturated heterocycles. The van der Waals surface area contributed by atoms with E-state index in [2.05, 4.69) is 95.9 Å². The van der Waals surface area contributed by atoms with Gasteiger partial charge in [0.2, 0.25) is 0 Å². The zero-order valence-electron chi connectivity index (χ0n) is 17.8. The van der Waals surface area contributed by atoms with E-state index in [0.717, 1.165) is 39.0 Å². The van der Waals surface area contributed by atoms with Crippen molar-refractivity contribution >= 4 is 50.6 Å². The summed E-state index contributed by atoms with van der Waals surface area (Å²) in [6, 6.07) is 41.5. The van der Waals surface area contributed by atoms with E-state index in [1.54, 1.807) is 0 Å². The maximum atomic E-state index is 6.36. The van der Waals surface area contributed by atoms with Crippen molar-refractivity contribution in [3.63, 3.8) is 0 Å². The SMILES string of the molecule is Clc1ccc2c(c1)oc1c(N(c3ccccc3)c3ccc(-c4ccccc4)cc3)cccc12. The van der Waals surface area contributed by atoms with E-state index in [0.29, 0.717) is 5.02 Å². The van der Waals surface area contributed by atoms with Crippen molar-refractivity contribution in [3.8, 4) is 11.1 Å². The molecule has 6 rings (SSSR count). The minimum Gasteiger partial charge on any atom is -0.454 e. The Morgan fingerprint density at radius 3 is 1.97 bits per heavy atom. The minimum atomic E-state index is 0.666. The Labute approximate surface area is 197 Å². The van der Waals surface area contributed by atoms with Gasteiger partial charge < -0.3 is 9.32 Å². The molecule has 0 aliphatic heterocycles. The summed E-state index contributed by atoms with van der Waals surface area (Å²) in [5, 5.41) is 2.80. The Kier molecular flexibility index (Phi) is 4.86. The number of hydrogen-bond donors (Lipinski definition) is 0. The van der Waals surface area contributed by atoms with Gasteiger partial charge in [0.1, 0.15) is 5.58 Å². The van der Waals surface area contributed by atoms with Crippen LogP contribution in [0.1, 0.15) is 0 Å². The van der Waals surface area contributed by atoms with Gasteiger partial charge in [-0.25, -0.2) is 0 Å². The fraction of sp³-hybridized carbons (Fsp3) is 0. The molecule has 0 spiro atoms. The minimum absolute atomic E-state index is 0.666. The first kappa shape index (κ1) is 19.7. The van der Waals surface area contributed by atoms with Crippen LogP contribution in [0.15, 0.2) is 126 Å². The summed E-state index contributed by atoms with van der Waals surface area (Å²) in [6.07, 6.45) is 0. The summed E-state index contributed by atoms with van der Waals surface area (Å²) in [5.41, 5.74) is 7.12. The second-order valence-corrected chi connectivity index (χ2v) is 8.42. The molecule has 0 aliphatic carbocycles. The Hall–Kier alpha value is -4.01. The van der Waals surface area contributed by atoms with E-state index >= 15 is 0 Å². The number of para-hydroxylation sites is 2. The molecule has 0 fully saturated rings. The highest BCUT2D eigenvalue weighted by molar-refractivity contribution is 6.31. The first-order chi connectivity index (χ1) is 16.3. The normalized spacial score (nSPS) is 11.2. The van der Waals surface area contributed by atoms with Gasteiger partial charge in [-0.3, -0.25) is 0 Å². The molecular formula is C30H20ClNO. The fourth-order valence-electron chi connectivity index (χ4n) is 4.37. The molecule has 0 N–H and O–H groups in total. The number of anilines is 3. The Balaban J connectivity index is 1.54. The standard InChI is InChI=1S/C30H20ClNO/c31-23-16-19-26-27-12-7-13-28(30(27)33-29(26)20-23)32(24-10-5-2-6-11-24)25-17-14-22(15-18-25)21-8-3-1-4-9-21/h1-20H. The molecule has 2 nitrogen and oxygen atoms in total. The molecule has 3 heteroatoms. The van der Waals surface area contributed by atoms with Gasteiger partial charge in [-0.2, -0.15) is 0 Å². The van der Waals surface area contributed by atoms with E-state index in [1.165, 1.54) is 11.1 Å². The van der Waals surface area contributed by atoms with Crippen molar-refractivity contribution in [2.75, 3.05) is 4.90 Å². The van der Waals surface area contributed by atoms with Gasteiger partial charge in [0.15, 0.2) is 5.58 Å². The van der Waals surface area contributed by atoms with Crippen molar-refractivity contribution in [2.45, 2.75) is 0 Å². The number of hydrogen-bond acceptors (Lipinski definition) is 2. The van der Waals surface area contributed by atoms with Gasteiger partial charge >= 0.3 is 0 Å². The van der Waals surface area contributed by atoms with Crippen LogP contribution in [0, 0.1) is 0 Å². The predicted molar refractivity (Wildman–Crippen MR) is 139 cm³/mol. The fourth-order valence-corrected chi connectivity index (χ4v) is 4.53. The highest BCUT2D eigenvalue weighted by atomic mass is 35.5. The maximum Gasteiger partial charge on any atom is 0.159 e. The molecule has 0 unspecified atom stereocenters. The highest BCUT2D eigenvalue weighted by Gasteiger charge is 2.19. The van der Waals surface area contributed by atoms with Crippen molar-refractivity contribution in [1.29, 1.82) is 0 Å². The Morgan fingerprint density at radius 2 is 1.21 bits per heavy atom. The van der Waals surface area contributed by atoms with Gasteiger partial charge in [-0.15, -0.1) is 0 Å². The van der Waals surface area contributed by atoms with Crippen LogP contribution in [0.25, 0.3) is 33.1 Å². The summed E-state index contributed by atoms with van der Waals surface area (Å²) in [4.78, 5) is 2.24. The second-order valence-electron chi connectivity index (χ2n) is 7.98. The van der Waals surface area contributed by atoms with E-state index < -0.39 is 0 Å². The lowest BCUT2D eigenvalue weighted by Crippen LogP contribution is -2.10. The van der Waals surface area contributed by atoms with E-state index in [4.69, 9.17) is 16.0 Å². The number of furan rings is 1. The van der Waals surface area contributed by atoms with Crippen LogP contribution in [-0.4, -0.2) is 0 Å². The van der Waals surface area contributed by atoms with Crippen LogP contribution >= 0.6 is 11.6 Å². The molecule has 0 saturated carbocycles. The van der Waals surface area contributed by atoms with Gasteiger partial charge in [-0.1, -0.05) is 84.4 Å². The topological polar surface area (TPSA) is 16.4 Å². The van der Waals surface area contributed by atoms with Crippen LogP contribution in [-0.2, 0) is 0 Å². The molecule has 33 heavy (non-hydrogen) atoms. The average molecular weight is 446 g/mol. The number of nitrogens with zero attached hydrogens (tertiary/aromatic N) is 1. The van der Waals surface area contributed by atoms with Crippen LogP contribution < -0.4 is 4.90 Å². The van der Waals surface area contributed by atoms with Gasteiger partial charge in [0, 0.05) is 33.2 Å². The smallest absolute Gasteiger partial charge is 0.159 e. The Bertz CT molecular complexity index is 1550. The second kappa shape index (κ2) is 8.16. The summed E-state index contributed by atoms with van der Waals surface area (Å²) in [6.45, 7) is 0. The van der Waals surface area contributed by atoms with Gasteiger partial charge in [0.05, 0.1) is 5.69 Å². The summed E-state index contributed by atoms with van der Waals surface area (Å²) >= 11 is 6.24. The largest absolute Gasteiger partial charge is 0.454 e. The van der Waals surface area contributed by atoms with Crippen molar-refractivity contribution < 1.29 is 4.42 Å². The third-order valence-electron chi connectivity index (χ3n) is 5.93. The highest BCUT2D eigenvalue weighted by Crippen LogP contribution is 2.42. The lowest BCUT2D eigenvalue weighted by Gasteiger charge is -2.25. The van der Waals surface area contributed by atoms with Gasteiger partial charge in [0.25, 0.3) is 0 Å². The molecule has 0 atom stereocenters. The zero-order chi connectivity index (χ0) is 22.2. The van der Waals surface area contributed by atoms with Crippen LogP contribution in [0.3, 0.4) is 0 Å². The number of halogens is 1. The van der Waals surface area contributed by atoms with Crippen LogP contribution in [0.2, 0.25) is 5.02 Å². The first-order valence-electron chi connectivity index (χ1n) is 10.9. The number of fused-ring (bicyclic) bond motifs is 3. The molecule has 6 aromatic rings. The van der Waals surface area contributed by atoms with E-state index in [-0.39, 0.29) is 0 Å². The summed E-state index contributed by atoms with van der Waals surface area (Å²) in [7, 11) is 0. The zero-order valence-corrected chi connectivity index (χ0v) is 18.5. The van der Waals surface area contributed by atoms with E-state index in [9.17, 15) is 0 Å². The first-order valence-corrected chi connectivity index (χ1v) is 11.3. The monoisotopic (exact) mass is 445 g/mol. The van der Waals surface area contributed by atoms with E-state index in [1.807, 2.05) is 30.3 Å². The summed E-state index contributed by atoms with van der Waals surface area (Å²) in [5.74, 6) is 0. The molecular weight excluding hydrogens is 426 g/mol. The quantitative estimate of drug-likeness (QED) is 0.268. The molecule has 1 aromatic heterocycles. The third kappa shape index (κ3) is 3.55. The van der Waals surface area contributed by atoms with Crippen molar-refractivity contribution in [3.05, 3.63) is 126 Å². The summed E-state index contributed by atoms with van der Waals surface area (Å²) < 4.78 is 6.36. The molecule has 0 amide bonds. The maximum absolute atomic E-state index is 6.36. The lowest BCUT2D eigenvalue weighted by atomic mass is 10.0. The molecule has 5 aromatic carbocycles. The number of benzene rings is 5. The average Bonchev–Trinajstić information content (AvgIpc) is 3.24. The predicted octanol–water partition coefficient (Wildman–Crippen LogP) is 9.38. The van der Waals surface area contributed by atoms with Gasteiger partial charge in [-0.05, 0) is 53.6 Å².